The molecule has 1 N–H and O–H groups in total. The molecule has 2 rings (SSSR count). The van der Waals surface area contributed by atoms with Gasteiger partial charge in [-0.2, -0.15) is 0 Å². The summed E-state index contributed by atoms with van der Waals surface area (Å²) in [5, 5.41) is 3.18. The lowest BCUT2D eigenvalue weighted by molar-refractivity contribution is 0.185. The van der Waals surface area contributed by atoms with Crippen LogP contribution in [0.3, 0.4) is 0 Å². The van der Waals surface area contributed by atoms with Crippen LogP contribution in [0.1, 0.15) is 13.3 Å². The summed E-state index contributed by atoms with van der Waals surface area (Å²) in [6.07, 6.45) is 3.60. The first-order valence-corrected chi connectivity index (χ1v) is 7.31. The zero-order valence-electron chi connectivity index (χ0n) is 9.93. The maximum Gasteiger partial charge on any atom is 0.179 e. The van der Waals surface area contributed by atoms with Gasteiger partial charge in [0, 0.05) is 19.1 Å². The van der Waals surface area contributed by atoms with Gasteiger partial charge in [-0.15, -0.1) is 0 Å². The van der Waals surface area contributed by atoms with Gasteiger partial charge in [0.05, 0.1) is 12.1 Å². The van der Waals surface area contributed by atoms with Crippen molar-refractivity contribution in [3.8, 4) is 0 Å². The van der Waals surface area contributed by atoms with Crippen LogP contribution in [-0.4, -0.2) is 38.4 Å². The molecule has 1 aromatic rings. The molecule has 2 heterocycles. The van der Waals surface area contributed by atoms with Gasteiger partial charge in [-0.25, -0.2) is 13.4 Å². The summed E-state index contributed by atoms with van der Waals surface area (Å²) in [6.45, 7) is 3.25. The fourth-order valence-electron chi connectivity index (χ4n) is 1.84. The zero-order valence-corrected chi connectivity index (χ0v) is 10.8. The molecule has 1 aliphatic rings. The molecule has 0 radical (unpaired) electrons. The summed E-state index contributed by atoms with van der Waals surface area (Å²) < 4.78 is 28.6. The molecule has 0 saturated carbocycles. The topological polar surface area (TPSA) is 68.3 Å². The Balaban J connectivity index is 2.33. The summed E-state index contributed by atoms with van der Waals surface area (Å²) in [6, 6.07) is 3.18. The fourth-order valence-corrected chi connectivity index (χ4v) is 2.62. The van der Waals surface area contributed by atoms with Crippen LogP contribution in [0.15, 0.2) is 23.2 Å². The van der Waals surface area contributed by atoms with E-state index < -0.39 is 9.84 Å². The van der Waals surface area contributed by atoms with Crippen LogP contribution in [-0.2, 0) is 14.6 Å². The summed E-state index contributed by atoms with van der Waals surface area (Å²) in [5.74, 6) is 0.406. The van der Waals surface area contributed by atoms with Crippen LogP contribution in [0.2, 0.25) is 0 Å². The van der Waals surface area contributed by atoms with Crippen LogP contribution < -0.4 is 5.32 Å². The molecule has 5 nitrogen and oxygen atoms in total. The Hall–Kier alpha value is -1.14. The van der Waals surface area contributed by atoms with Crippen LogP contribution in [0.25, 0.3) is 0 Å². The number of rotatable bonds is 3. The first-order chi connectivity index (χ1) is 7.91. The van der Waals surface area contributed by atoms with Crippen molar-refractivity contribution in [3.63, 3.8) is 0 Å². The largest absolute Gasteiger partial charge is 0.379 e. The Kier molecular flexibility index (Phi) is 3.09. The third-order valence-corrected chi connectivity index (χ3v) is 3.94. The van der Waals surface area contributed by atoms with Crippen molar-refractivity contribution in [2.24, 2.45) is 0 Å². The van der Waals surface area contributed by atoms with Gasteiger partial charge >= 0.3 is 0 Å². The van der Waals surface area contributed by atoms with E-state index >= 15 is 0 Å². The molecule has 94 valence electrons. The van der Waals surface area contributed by atoms with E-state index in [1.165, 1.54) is 6.26 Å². The Morgan fingerprint density at radius 2 is 2.29 bits per heavy atom. The average molecular weight is 256 g/mol. The number of pyridine rings is 1. The third-order valence-electron chi connectivity index (χ3n) is 2.81. The Bertz CT molecular complexity index is 507. The molecule has 1 atom stereocenters. The summed E-state index contributed by atoms with van der Waals surface area (Å²) in [4.78, 5) is 4.34. The minimum absolute atomic E-state index is 0.230. The predicted molar refractivity (Wildman–Crippen MR) is 64.8 cm³/mol. The number of sulfone groups is 1. The molecule has 0 bridgehead atoms. The van der Waals surface area contributed by atoms with Crippen molar-refractivity contribution in [3.05, 3.63) is 18.3 Å². The highest BCUT2D eigenvalue weighted by Gasteiger charge is 2.31. The highest BCUT2D eigenvalue weighted by molar-refractivity contribution is 7.90. The van der Waals surface area contributed by atoms with Crippen LogP contribution >= 0.6 is 0 Å². The van der Waals surface area contributed by atoms with E-state index in [2.05, 4.69) is 10.3 Å². The van der Waals surface area contributed by atoms with Gasteiger partial charge in [0.1, 0.15) is 10.7 Å². The number of hydrogen-bond acceptors (Lipinski definition) is 5. The minimum atomic E-state index is -3.27. The van der Waals surface area contributed by atoms with Gasteiger partial charge in [-0.1, -0.05) is 0 Å². The van der Waals surface area contributed by atoms with E-state index in [-0.39, 0.29) is 10.4 Å². The molecular weight excluding hydrogens is 240 g/mol. The van der Waals surface area contributed by atoms with E-state index in [9.17, 15) is 8.42 Å². The van der Waals surface area contributed by atoms with Crippen molar-refractivity contribution < 1.29 is 13.2 Å². The number of aromatic nitrogens is 1. The quantitative estimate of drug-likeness (QED) is 0.876. The van der Waals surface area contributed by atoms with Gasteiger partial charge < -0.3 is 10.1 Å². The maximum atomic E-state index is 11.6. The van der Waals surface area contributed by atoms with Crippen LogP contribution in [0.4, 0.5) is 5.82 Å². The number of ether oxygens (including phenoxy) is 1. The summed E-state index contributed by atoms with van der Waals surface area (Å²) in [5.41, 5.74) is -0.242. The second-order valence-corrected chi connectivity index (χ2v) is 6.59. The Morgan fingerprint density at radius 3 is 2.88 bits per heavy atom. The molecule has 1 aromatic heterocycles. The molecular formula is C11H16N2O3S. The van der Waals surface area contributed by atoms with Gasteiger partial charge in [-0.3, -0.25) is 0 Å². The van der Waals surface area contributed by atoms with Crippen molar-refractivity contribution in [2.75, 3.05) is 24.8 Å². The number of nitrogens with one attached hydrogen (secondary N) is 1. The Labute approximate surface area is 101 Å². The van der Waals surface area contributed by atoms with E-state index in [1.807, 2.05) is 6.92 Å². The smallest absolute Gasteiger partial charge is 0.179 e. The molecule has 1 unspecified atom stereocenters. The van der Waals surface area contributed by atoms with Crippen molar-refractivity contribution in [1.29, 1.82) is 0 Å². The van der Waals surface area contributed by atoms with E-state index in [0.29, 0.717) is 19.0 Å². The van der Waals surface area contributed by atoms with Crippen LogP contribution in [0, 0.1) is 0 Å². The first-order valence-electron chi connectivity index (χ1n) is 5.42. The number of anilines is 1. The second kappa shape index (κ2) is 4.27. The van der Waals surface area contributed by atoms with Gasteiger partial charge in [-0.05, 0) is 25.5 Å². The molecule has 17 heavy (non-hydrogen) atoms. The van der Waals surface area contributed by atoms with Gasteiger partial charge in [0.25, 0.3) is 0 Å². The normalized spacial score (nSPS) is 24.8. The van der Waals surface area contributed by atoms with Gasteiger partial charge in [0.15, 0.2) is 9.84 Å². The molecule has 0 aliphatic carbocycles. The molecule has 0 aromatic carbocycles. The first kappa shape index (κ1) is 12.3. The van der Waals surface area contributed by atoms with E-state index in [1.54, 1.807) is 18.3 Å². The average Bonchev–Trinajstić information content (AvgIpc) is 2.64. The number of hydrogen-bond donors (Lipinski definition) is 1. The van der Waals surface area contributed by atoms with Crippen molar-refractivity contribution in [1.82, 2.24) is 4.98 Å². The lowest BCUT2D eigenvalue weighted by atomic mass is 10.0. The molecule has 1 aliphatic heterocycles. The lowest BCUT2D eigenvalue weighted by Crippen LogP contribution is -2.35. The molecule has 1 saturated heterocycles. The Morgan fingerprint density at radius 1 is 1.53 bits per heavy atom. The van der Waals surface area contributed by atoms with E-state index in [4.69, 9.17) is 4.74 Å². The summed E-state index contributed by atoms with van der Waals surface area (Å²) in [7, 11) is -3.27. The fraction of sp³-hybridized carbons (Fsp3) is 0.545. The lowest BCUT2D eigenvalue weighted by Gasteiger charge is -2.25. The van der Waals surface area contributed by atoms with E-state index in [0.717, 1.165) is 6.42 Å². The second-order valence-electron chi connectivity index (χ2n) is 4.61. The number of nitrogens with zero attached hydrogens (tertiary/aromatic N) is 1. The van der Waals surface area contributed by atoms with Gasteiger partial charge in [0.2, 0.25) is 0 Å². The van der Waals surface area contributed by atoms with Crippen LogP contribution in [0.5, 0.6) is 0 Å². The maximum absolute atomic E-state index is 11.6. The SMILES string of the molecule is CC1(Nc2ncccc2S(C)(=O)=O)CCOC1. The van der Waals surface area contributed by atoms with Crippen molar-refractivity contribution in [2.45, 2.75) is 23.8 Å². The molecule has 1 fully saturated rings. The molecule has 0 amide bonds. The molecule has 6 heteroatoms. The summed E-state index contributed by atoms with van der Waals surface area (Å²) >= 11 is 0. The standard InChI is InChI=1S/C11H16N2O3S/c1-11(5-7-16-8-11)13-10-9(17(2,14)15)4-3-6-12-10/h3-4,6H,5,7-8H2,1-2H3,(H,12,13). The third kappa shape index (κ3) is 2.76. The van der Waals surface area contributed by atoms with Crippen molar-refractivity contribution >= 4 is 15.7 Å². The molecule has 0 spiro atoms. The predicted octanol–water partition coefficient (Wildman–Crippen LogP) is 1.08. The minimum Gasteiger partial charge on any atom is -0.379 e. The highest BCUT2D eigenvalue weighted by Crippen LogP contribution is 2.26. The monoisotopic (exact) mass is 256 g/mol. The zero-order chi connectivity index (χ0) is 12.5. The highest BCUT2D eigenvalue weighted by atomic mass is 32.2.